The van der Waals surface area contributed by atoms with Crippen molar-refractivity contribution in [3.8, 4) is 0 Å². The van der Waals surface area contributed by atoms with Crippen LogP contribution in [0.5, 0.6) is 0 Å². The first-order valence-corrected chi connectivity index (χ1v) is 12.2. The minimum absolute atomic E-state index is 0.0302. The molecular weight excluding hydrogens is 444 g/mol. The third-order valence-electron chi connectivity index (χ3n) is 6.20. The van der Waals surface area contributed by atoms with Gasteiger partial charge in [0.25, 0.3) is 5.91 Å². The van der Waals surface area contributed by atoms with Crippen LogP contribution in [0, 0.1) is 5.92 Å². The second kappa shape index (κ2) is 10.9. The fourth-order valence-corrected chi connectivity index (χ4v) is 4.73. The van der Waals surface area contributed by atoms with Crippen LogP contribution in [-0.2, 0) is 16.0 Å². The molecule has 0 spiro atoms. The lowest BCUT2D eigenvalue weighted by molar-refractivity contribution is 0.0580. The molecule has 0 saturated carbocycles. The number of rotatable bonds is 9. The van der Waals surface area contributed by atoms with Crippen LogP contribution in [0.1, 0.15) is 60.9 Å². The zero-order valence-electron chi connectivity index (χ0n) is 20.8. The van der Waals surface area contributed by atoms with Crippen molar-refractivity contribution in [3.63, 3.8) is 0 Å². The third-order valence-corrected chi connectivity index (χ3v) is 6.20. The fourth-order valence-electron chi connectivity index (χ4n) is 4.73. The number of amides is 1. The minimum Gasteiger partial charge on any atom is -0.464 e. The average molecular weight is 479 g/mol. The molecule has 8 nitrogen and oxygen atoms in total. The number of methoxy groups -OCH3 is 1. The van der Waals surface area contributed by atoms with E-state index in [2.05, 4.69) is 31.4 Å². The zero-order valence-corrected chi connectivity index (χ0v) is 20.8. The quantitative estimate of drug-likeness (QED) is 0.416. The Bertz CT molecular complexity index is 1180. The average Bonchev–Trinajstić information content (AvgIpc) is 3.45. The molecule has 0 radical (unpaired) electrons. The van der Waals surface area contributed by atoms with Gasteiger partial charge in [-0.3, -0.25) is 4.79 Å². The summed E-state index contributed by atoms with van der Waals surface area (Å²) in [6.45, 7) is 7.65. The molecule has 3 heterocycles. The van der Waals surface area contributed by atoms with Crippen molar-refractivity contribution >= 4 is 34.3 Å². The topological polar surface area (TPSA) is 94.5 Å². The number of nitrogens with zero attached hydrogens (tertiary/aromatic N) is 2. The van der Waals surface area contributed by atoms with E-state index in [4.69, 9.17) is 14.5 Å². The van der Waals surface area contributed by atoms with E-state index in [0.717, 1.165) is 24.9 Å². The van der Waals surface area contributed by atoms with E-state index in [1.54, 1.807) is 30.5 Å². The number of hydrogen-bond acceptors (Lipinski definition) is 6. The van der Waals surface area contributed by atoms with Crippen molar-refractivity contribution in [1.82, 2.24) is 9.55 Å². The minimum atomic E-state index is -0.535. The summed E-state index contributed by atoms with van der Waals surface area (Å²) in [6, 6.07) is 11.1. The number of hydrogen-bond donors (Lipinski definition) is 2. The van der Waals surface area contributed by atoms with E-state index in [1.165, 1.54) is 7.11 Å². The Balaban J connectivity index is 1.81. The highest BCUT2D eigenvalue weighted by Crippen LogP contribution is 2.34. The Morgan fingerprint density at radius 1 is 1.23 bits per heavy atom. The lowest BCUT2D eigenvalue weighted by atomic mass is 10.1. The second-order valence-corrected chi connectivity index (χ2v) is 9.55. The van der Waals surface area contributed by atoms with Gasteiger partial charge in [-0.05, 0) is 50.3 Å². The van der Waals surface area contributed by atoms with Gasteiger partial charge in [0, 0.05) is 23.6 Å². The van der Waals surface area contributed by atoms with Crippen LogP contribution in [-0.4, -0.2) is 47.3 Å². The van der Waals surface area contributed by atoms with Crippen molar-refractivity contribution in [2.75, 3.05) is 24.4 Å². The molecule has 1 aromatic carbocycles. The summed E-state index contributed by atoms with van der Waals surface area (Å²) in [5, 5.41) is 7.15. The molecule has 1 aliphatic heterocycles. The lowest BCUT2D eigenvalue weighted by Crippen LogP contribution is -2.21. The smallest absolute Gasteiger partial charge is 0.356 e. The predicted molar refractivity (Wildman–Crippen MR) is 137 cm³/mol. The van der Waals surface area contributed by atoms with E-state index in [1.807, 2.05) is 16.7 Å². The number of anilines is 2. The molecule has 3 aromatic rings. The van der Waals surface area contributed by atoms with E-state index in [-0.39, 0.29) is 23.7 Å². The van der Waals surface area contributed by atoms with Crippen LogP contribution < -0.4 is 10.6 Å². The maximum atomic E-state index is 13.1. The first-order chi connectivity index (χ1) is 16.9. The van der Waals surface area contributed by atoms with Gasteiger partial charge in [0.2, 0.25) is 0 Å². The maximum Gasteiger partial charge on any atom is 0.356 e. The molecule has 186 valence electrons. The summed E-state index contributed by atoms with van der Waals surface area (Å²) in [4.78, 5) is 30.9. The molecule has 1 saturated heterocycles. The molecule has 2 aromatic heterocycles. The third kappa shape index (κ3) is 5.65. The van der Waals surface area contributed by atoms with Gasteiger partial charge in [0.05, 0.1) is 37.3 Å². The number of pyridine rings is 1. The zero-order chi connectivity index (χ0) is 24.9. The molecule has 2 N–H and O–H groups in total. The van der Waals surface area contributed by atoms with Gasteiger partial charge in [-0.2, -0.15) is 0 Å². The Kier molecular flexibility index (Phi) is 7.70. The molecular formula is C27H34N4O4. The predicted octanol–water partition coefficient (Wildman–Crippen LogP) is 5.10. The van der Waals surface area contributed by atoms with E-state index in [0.29, 0.717) is 41.4 Å². The summed E-state index contributed by atoms with van der Waals surface area (Å²) in [6.07, 6.45) is 4.62. The number of benzene rings is 1. The standard InChI is InChI=1S/C27H34N4O4/c1-17(2)13-18(3)29-20-14-22-23(30-26(32)19-9-6-5-7-10-19)24(27(33)34-4)31(25(22)28-15-20)16-21-11-8-12-35-21/h5-7,9-10,14-15,17-18,21,29H,8,11-13,16H2,1-4H3,(H,30,32)/t18-,21+/m1/s1. The number of carbonyl (C=O) groups excluding carboxylic acids is 2. The molecule has 0 aliphatic carbocycles. The Morgan fingerprint density at radius 2 is 2.00 bits per heavy atom. The Labute approximate surface area is 206 Å². The monoisotopic (exact) mass is 478 g/mol. The summed E-state index contributed by atoms with van der Waals surface area (Å²) in [5.41, 5.74) is 2.59. The van der Waals surface area contributed by atoms with E-state index < -0.39 is 5.97 Å². The van der Waals surface area contributed by atoms with Gasteiger partial charge in [0.15, 0.2) is 5.69 Å². The van der Waals surface area contributed by atoms with Crippen LogP contribution in [0.2, 0.25) is 0 Å². The summed E-state index contributed by atoms with van der Waals surface area (Å²) in [7, 11) is 1.34. The van der Waals surface area contributed by atoms with Gasteiger partial charge < -0.3 is 24.7 Å². The number of nitrogens with one attached hydrogen (secondary N) is 2. The van der Waals surface area contributed by atoms with Crippen molar-refractivity contribution in [2.24, 2.45) is 5.92 Å². The molecule has 1 fully saturated rings. The fraction of sp³-hybridized carbons (Fsp3) is 0.444. The molecule has 1 aliphatic rings. The molecule has 2 atom stereocenters. The second-order valence-electron chi connectivity index (χ2n) is 9.55. The van der Waals surface area contributed by atoms with Crippen molar-refractivity contribution < 1.29 is 19.1 Å². The molecule has 0 unspecified atom stereocenters. The first kappa shape index (κ1) is 24.7. The van der Waals surface area contributed by atoms with Crippen molar-refractivity contribution in [1.29, 1.82) is 0 Å². The number of aromatic nitrogens is 2. The number of esters is 1. The first-order valence-electron chi connectivity index (χ1n) is 12.2. The largest absolute Gasteiger partial charge is 0.464 e. The summed E-state index contributed by atoms with van der Waals surface area (Å²) < 4.78 is 12.8. The van der Waals surface area contributed by atoms with Gasteiger partial charge in [-0.15, -0.1) is 0 Å². The molecule has 0 bridgehead atoms. The van der Waals surface area contributed by atoms with Crippen LogP contribution >= 0.6 is 0 Å². The van der Waals surface area contributed by atoms with Crippen LogP contribution in [0.3, 0.4) is 0 Å². The van der Waals surface area contributed by atoms with Crippen LogP contribution in [0.15, 0.2) is 42.6 Å². The van der Waals surface area contributed by atoms with Crippen molar-refractivity contribution in [3.05, 3.63) is 53.9 Å². The summed E-state index contributed by atoms with van der Waals surface area (Å²) >= 11 is 0. The van der Waals surface area contributed by atoms with Crippen LogP contribution in [0.25, 0.3) is 11.0 Å². The molecule has 8 heteroatoms. The van der Waals surface area contributed by atoms with E-state index >= 15 is 0 Å². The lowest BCUT2D eigenvalue weighted by Gasteiger charge is -2.17. The van der Waals surface area contributed by atoms with Gasteiger partial charge in [-0.25, -0.2) is 9.78 Å². The number of ether oxygens (including phenoxy) is 2. The normalized spacial score (nSPS) is 16.4. The Hall–Kier alpha value is -3.39. The van der Waals surface area contributed by atoms with Crippen molar-refractivity contribution in [2.45, 2.75) is 58.7 Å². The van der Waals surface area contributed by atoms with Crippen LogP contribution in [0.4, 0.5) is 11.4 Å². The molecule has 1 amide bonds. The van der Waals surface area contributed by atoms with Gasteiger partial charge in [-0.1, -0.05) is 32.0 Å². The SMILES string of the molecule is COC(=O)c1c(NC(=O)c2ccccc2)c2cc(N[C@H](C)CC(C)C)cnc2n1C[C@@H]1CCCO1. The molecule has 35 heavy (non-hydrogen) atoms. The highest BCUT2D eigenvalue weighted by Gasteiger charge is 2.29. The summed E-state index contributed by atoms with van der Waals surface area (Å²) in [5.74, 6) is -0.293. The maximum absolute atomic E-state index is 13.1. The highest BCUT2D eigenvalue weighted by atomic mass is 16.5. The van der Waals surface area contributed by atoms with Gasteiger partial charge >= 0.3 is 5.97 Å². The number of carbonyl (C=O) groups is 2. The number of fused-ring (bicyclic) bond motifs is 1. The van der Waals surface area contributed by atoms with E-state index in [9.17, 15) is 9.59 Å². The van der Waals surface area contributed by atoms with Gasteiger partial charge in [0.1, 0.15) is 5.65 Å². The highest BCUT2D eigenvalue weighted by molar-refractivity contribution is 6.14. The molecule has 4 rings (SSSR count). The Morgan fingerprint density at radius 3 is 2.66 bits per heavy atom.